The number of nitrogen functional groups attached to an aromatic ring is 1. The van der Waals surface area contributed by atoms with Crippen LogP contribution in [0.15, 0.2) is 42.5 Å². The average molecular weight is 420 g/mol. The number of aromatic nitrogens is 1. The van der Waals surface area contributed by atoms with E-state index < -0.39 is 0 Å². The number of anilines is 1. The first-order chi connectivity index (χ1) is 14.7. The van der Waals surface area contributed by atoms with E-state index in [-0.39, 0.29) is 29.2 Å². The lowest BCUT2D eigenvalue weighted by atomic mass is 9.78. The topological polar surface area (TPSA) is 68.5 Å². The van der Waals surface area contributed by atoms with Crippen molar-refractivity contribution in [2.45, 2.75) is 39.4 Å². The average Bonchev–Trinajstić information content (AvgIpc) is 3.28. The molecule has 5 nitrogen and oxygen atoms in total. The van der Waals surface area contributed by atoms with E-state index in [1.54, 1.807) is 0 Å². The number of ether oxygens (including phenoxy) is 1. The molecule has 31 heavy (non-hydrogen) atoms. The summed E-state index contributed by atoms with van der Waals surface area (Å²) in [4.78, 5) is 19.9. The maximum Gasteiger partial charge on any atom is 0.253 e. The summed E-state index contributed by atoms with van der Waals surface area (Å²) in [6, 6.07) is 12.2. The summed E-state index contributed by atoms with van der Waals surface area (Å²) in [7, 11) is 0. The van der Waals surface area contributed by atoms with Gasteiger partial charge in [-0.25, -0.2) is 9.37 Å². The first kappa shape index (κ1) is 19.9. The molecule has 0 saturated carbocycles. The van der Waals surface area contributed by atoms with Crippen molar-refractivity contribution in [2.75, 3.05) is 18.8 Å². The number of pyridine rings is 1. The fourth-order valence-corrected chi connectivity index (χ4v) is 5.12. The minimum Gasteiger partial charge on any atom is -0.383 e. The molecule has 2 aliphatic rings. The minimum atomic E-state index is -0.247. The lowest BCUT2D eigenvalue weighted by molar-refractivity contribution is 0.0777. The van der Waals surface area contributed by atoms with Gasteiger partial charge in [0.05, 0.1) is 18.2 Å². The fourth-order valence-electron chi connectivity index (χ4n) is 5.12. The van der Waals surface area contributed by atoms with Crippen molar-refractivity contribution in [3.05, 3.63) is 70.5 Å². The van der Waals surface area contributed by atoms with Gasteiger partial charge in [0.15, 0.2) is 0 Å². The molecule has 2 atom stereocenters. The lowest BCUT2D eigenvalue weighted by Gasteiger charge is -2.25. The van der Waals surface area contributed by atoms with Crippen LogP contribution in [0.2, 0.25) is 0 Å². The van der Waals surface area contributed by atoms with Gasteiger partial charge in [-0.3, -0.25) is 4.79 Å². The Morgan fingerprint density at radius 3 is 2.71 bits per heavy atom. The second-order valence-electron chi connectivity index (χ2n) is 9.35. The summed E-state index contributed by atoms with van der Waals surface area (Å²) in [5.41, 5.74) is 10.5. The predicted molar refractivity (Wildman–Crippen MR) is 118 cm³/mol. The standard InChI is InChI=1S/C25H26FN3O2/c1-14-22-19(12-31-14)18-10-16(6-9-21(18)28-23(22)27)24(30)29-11-20(25(2,3)13-29)15-4-7-17(26)8-5-15/h4-10,14,20H,11-13H2,1-3H3,(H2,27,28)/t14-,20-/m1/s1. The van der Waals surface area contributed by atoms with Crippen LogP contribution in [0.4, 0.5) is 10.2 Å². The number of fused-ring (bicyclic) bond motifs is 3. The van der Waals surface area contributed by atoms with Crippen LogP contribution in [0.3, 0.4) is 0 Å². The zero-order valence-corrected chi connectivity index (χ0v) is 18.0. The van der Waals surface area contributed by atoms with Crippen molar-refractivity contribution in [2.24, 2.45) is 5.41 Å². The van der Waals surface area contributed by atoms with Crippen molar-refractivity contribution in [1.29, 1.82) is 0 Å². The molecule has 1 saturated heterocycles. The molecule has 2 N–H and O–H groups in total. The van der Waals surface area contributed by atoms with Gasteiger partial charge in [0.1, 0.15) is 11.6 Å². The number of carbonyl (C=O) groups is 1. The molecule has 0 aliphatic carbocycles. The highest BCUT2D eigenvalue weighted by Gasteiger charge is 2.42. The quantitative estimate of drug-likeness (QED) is 0.647. The van der Waals surface area contributed by atoms with E-state index in [1.165, 1.54) is 12.1 Å². The number of carbonyl (C=O) groups excluding carboxylic acids is 1. The number of rotatable bonds is 2. The summed E-state index contributed by atoms with van der Waals surface area (Å²) < 4.78 is 19.1. The molecule has 2 aromatic carbocycles. The van der Waals surface area contributed by atoms with Gasteiger partial charge in [0.2, 0.25) is 0 Å². The maximum atomic E-state index is 13.4. The zero-order chi connectivity index (χ0) is 21.9. The van der Waals surface area contributed by atoms with Gasteiger partial charge >= 0.3 is 0 Å². The molecular weight excluding hydrogens is 393 g/mol. The van der Waals surface area contributed by atoms with E-state index in [9.17, 15) is 9.18 Å². The van der Waals surface area contributed by atoms with Crippen LogP contribution in [-0.2, 0) is 11.3 Å². The number of halogens is 1. The number of likely N-dealkylation sites (tertiary alicyclic amines) is 1. The number of hydrogen-bond acceptors (Lipinski definition) is 4. The van der Waals surface area contributed by atoms with Crippen LogP contribution in [-0.4, -0.2) is 28.9 Å². The molecule has 3 heterocycles. The van der Waals surface area contributed by atoms with Gasteiger partial charge < -0.3 is 15.4 Å². The molecule has 1 fully saturated rings. The Morgan fingerprint density at radius 1 is 1.23 bits per heavy atom. The Bertz CT molecular complexity index is 1190. The Morgan fingerprint density at radius 2 is 1.97 bits per heavy atom. The van der Waals surface area contributed by atoms with Gasteiger partial charge in [-0.2, -0.15) is 0 Å². The largest absolute Gasteiger partial charge is 0.383 e. The van der Waals surface area contributed by atoms with Crippen molar-refractivity contribution < 1.29 is 13.9 Å². The molecule has 5 rings (SSSR count). The molecule has 0 unspecified atom stereocenters. The second kappa shape index (κ2) is 7.02. The van der Waals surface area contributed by atoms with Crippen molar-refractivity contribution in [3.63, 3.8) is 0 Å². The molecule has 160 valence electrons. The highest BCUT2D eigenvalue weighted by molar-refractivity contribution is 5.99. The first-order valence-corrected chi connectivity index (χ1v) is 10.6. The van der Waals surface area contributed by atoms with Gasteiger partial charge in [-0.05, 0) is 53.8 Å². The van der Waals surface area contributed by atoms with Crippen LogP contribution in [0.1, 0.15) is 59.8 Å². The lowest BCUT2D eigenvalue weighted by Crippen LogP contribution is -2.30. The number of nitrogens with two attached hydrogens (primary N) is 1. The van der Waals surface area contributed by atoms with Gasteiger partial charge in [0.25, 0.3) is 5.91 Å². The van der Waals surface area contributed by atoms with Crippen LogP contribution in [0, 0.1) is 11.2 Å². The van der Waals surface area contributed by atoms with Crippen molar-refractivity contribution in [3.8, 4) is 0 Å². The Labute approximate surface area is 181 Å². The maximum absolute atomic E-state index is 13.4. The Balaban J connectivity index is 1.48. The Kier molecular flexibility index (Phi) is 4.52. The monoisotopic (exact) mass is 419 g/mol. The minimum absolute atomic E-state index is 0.00266. The van der Waals surface area contributed by atoms with E-state index in [0.717, 1.165) is 27.6 Å². The fraction of sp³-hybridized carbons (Fsp3) is 0.360. The molecule has 0 bridgehead atoms. The molecule has 0 spiro atoms. The van der Waals surface area contributed by atoms with E-state index in [1.807, 2.05) is 42.2 Å². The molecule has 1 amide bonds. The van der Waals surface area contributed by atoms with Crippen molar-refractivity contribution >= 4 is 22.6 Å². The SMILES string of the molecule is C[C@H]1OCc2c1c(N)nc1ccc(C(=O)N3C[C@H](c4ccc(F)cc4)C(C)(C)C3)cc21. The third kappa shape index (κ3) is 3.26. The number of amides is 1. The normalized spacial score (nSPS) is 22.1. The van der Waals surface area contributed by atoms with Crippen LogP contribution in [0.25, 0.3) is 10.9 Å². The number of benzene rings is 2. The van der Waals surface area contributed by atoms with Crippen LogP contribution < -0.4 is 5.73 Å². The molecule has 2 aliphatic heterocycles. The molecule has 3 aromatic rings. The zero-order valence-electron chi connectivity index (χ0n) is 18.0. The summed E-state index contributed by atoms with van der Waals surface area (Å²) >= 11 is 0. The van der Waals surface area contributed by atoms with Gasteiger partial charge in [-0.1, -0.05) is 26.0 Å². The predicted octanol–water partition coefficient (Wildman–Crippen LogP) is 4.81. The third-order valence-corrected chi connectivity index (χ3v) is 6.80. The Hall–Kier alpha value is -2.99. The smallest absolute Gasteiger partial charge is 0.253 e. The van der Waals surface area contributed by atoms with E-state index >= 15 is 0 Å². The summed E-state index contributed by atoms with van der Waals surface area (Å²) in [5, 5.41) is 0.924. The van der Waals surface area contributed by atoms with Crippen LogP contribution in [0.5, 0.6) is 0 Å². The second-order valence-corrected chi connectivity index (χ2v) is 9.35. The number of nitrogens with zero attached hydrogens (tertiary/aromatic N) is 2. The highest BCUT2D eigenvalue weighted by Crippen LogP contribution is 2.43. The van der Waals surface area contributed by atoms with Crippen molar-refractivity contribution in [1.82, 2.24) is 9.88 Å². The van der Waals surface area contributed by atoms with E-state index in [2.05, 4.69) is 18.8 Å². The first-order valence-electron chi connectivity index (χ1n) is 10.6. The van der Waals surface area contributed by atoms with Gasteiger partial charge in [-0.15, -0.1) is 0 Å². The van der Waals surface area contributed by atoms with Gasteiger partial charge in [0, 0.05) is 35.5 Å². The molecule has 0 radical (unpaired) electrons. The highest BCUT2D eigenvalue weighted by atomic mass is 19.1. The summed E-state index contributed by atoms with van der Waals surface area (Å²) in [5.74, 6) is 0.397. The summed E-state index contributed by atoms with van der Waals surface area (Å²) in [6.45, 7) is 8.01. The van der Waals surface area contributed by atoms with E-state index in [4.69, 9.17) is 10.5 Å². The van der Waals surface area contributed by atoms with Crippen LogP contribution >= 0.6 is 0 Å². The van der Waals surface area contributed by atoms with E-state index in [0.29, 0.717) is 31.1 Å². The molecule has 6 heteroatoms. The summed E-state index contributed by atoms with van der Waals surface area (Å²) in [6.07, 6.45) is -0.0953. The molecule has 1 aromatic heterocycles. The number of hydrogen-bond donors (Lipinski definition) is 1. The third-order valence-electron chi connectivity index (χ3n) is 6.80. The molecular formula is C25H26FN3O2.